The number of hydrogen-bond donors (Lipinski definition) is 1. The Kier molecular flexibility index (Phi) is 7.82. The average Bonchev–Trinajstić information content (AvgIpc) is 2.74. The first-order chi connectivity index (χ1) is 13.8. The van der Waals surface area contributed by atoms with Crippen molar-refractivity contribution in [3.05, 3.63) is 42.0 Å². The summed E-state index contributed by atoms with van der Waals surface area (Å²) in [7, 11) is 0. The van der Waals surface area contributed by atoms with E-state index >= 15 is 0 Å². The van der Waals surface area contributed by atoms with Crippen molar-refractivity contribution in [1.29, 1.82) is 0 Å². The topological polar surface area (TPSA) is 63.7 Å². The van der Waals surface area contributed by atoms with Crippen molar-refractivity contribution in [1.82, 2.24) is 15.2 Å². The number of para-hydroxylation sites is 1. The van der Waals surface area contributed by atoms with Gasteiger partial charge in [0.1, 0.15) is 0 Å². The van der Waals surface area contributed by atoms with Crippen LogP contribution < -0.4 is 10.1 Å². The second-order valence-electron chi connectivity index (χ2n) is 6.86. The van der Waals surface area contributed by atoms with Gasteiger partial charge in [0.2, 0.25) is 11.8 Å². The lowest BCUT2D eigenvalue weighted by Gasteiger charge is -2.26. The smallest absolute Gasteiger partial charge is 0.244 e. The summed E-state index contributed by atoms with van der Waals surface area (Å²) in [6.07, 6.45) is 5.17. The Morgan fingerprint density at radius 1 is 1.32 bits per heavy atom. The summed E-state index contributed by atoms with van der Waals surface area (Å²) in [5, 5.41) is 3.97. The molecular weight excluding hydrogens is 354 g/mol. The molecule has 1 fully saturated rings. The van der Waals surface area contributed by atoms with Crippen LogP contribution in [0.4, 0.5) is 0 Å². The van der Waals surface area contributed by atoms with E-state index in [1.807, 2.05) is 30.3 Å². The summed E-state index contributed by atoms with van der Waals surface area (Å²) in [6.45, 7) is 7.86. The highest BCUT2D eigenvalue weighted by Gasteiger charge is 2.09. The summed E-state index contributed by atoms with van der Waals surface area (Å²) in [5.74, 6) is 0.466. The summed E-state index contributed by atoms with van der Waals surface area (Å²) >= 11 is 0. The molecule has 6 heteroatoms. The Bertz CT molecular complexity index is 801. The lowest BCUT2D eigenvalue weighted by molar-refractivity contribution is -0.116. The van der Waals surface area contributed by atoms with E-state index in [2.05, 4.69) is 22.1 Å². The zero-order valence-corrected chi connectivity index (χ0v) is 16.5. The van der Waals surface area contributed by atoms with E-state index < -0.39 is 0 Å². The van der Waals surface area contributed by atoms with Gasteiger partial charge in [-0.05, 0) is 37.6 Å². The molecule has 0 bridgehead atoms. The van der Waals surface area contributed by atoms with Crippen LogP contribution >= 0.6 is 0 Å². The zero-order chi connectivity index (χ0) is 19.6. The average molecular weight is 383 g/mol. The van der Waals surface area contributed by atoms with Gasteiger partial charge in [0, 0.05) is 36.7 Å². The van der Waals surface area contributed by atoms with E-state index in [9.17, 15) is 4.79 Å². The number of carbonyl (C=O) groups excluding carboxylic acids is 1. The van der Waals surface area contributed by atoms with E-state index in [1.165, 1.54) is 0 Å². The number of benzene rings is 1. The minimum absolute atomic E-state index is 0.100. The molecule has 1 saturated heterocycles. The summed E-state index contributed by atoms with van der Waals surface area (Å²) in [5.41, 5.74) is 1.70. The third kappa shape index (κ3) is 6.04. The molecule has 2 heterocycles. The van der Waals surface area contributed by atoms with Gasteiger partial charge in [0.15, 0.2) is 0 Å². The highest BCUT2D eigenvalue weighted by molar-refractivity contribution is 5.93. The number of hydrogen-bond acceptors (Lipinski definition) is 5. The number of amides is 1. The normalized spacial score (nSPS) is 15.2. The number of carbonyl (C=O) groups is 1. The molecule has 1 aliphatic rings. The molecule has 1 aromatic heterocycles. The third-order valence-corrected chi connectivity index (χ3v) is 4.63. The van der Waals surface area contributed by atoms with Crippen LogP contribution in [0.2, 0.25) is 0 Å². The Hall–Kier alpha value is -2.44. The van der Waals surface area contributed by atoms with Crippen LogP contribution in [0.25, 0.3) is 17.0 Å². The van der Waals surface area contributed by atoms with Crippen molar-refractivity contribution in [3.8, 4) is 5.88 Å². The minimum Gasteiger partial charge on any atom is -0.477 e. The fourth-order valence-corrected chi connectivity index (χ4v) is 3.11. The van der Waals surface area contributed by atoms with E-state index in [-0.39, 0.29) is 5.91 Å². The first-order valence-electron chi connectivity index (χ1n) is 10.0. The second-order valence-corrected chi connectivity index (χ2v) is 6.86. The van der Waals surface area contributed by atoms with Crippen LogP contribution in [-0.2, 0) is 9.53 Å². The van der Waals surface area contributed by atoms with Crippen LogP contribution in [0.1, 0.15) is 25.3 Å². The number of nitrogens with zero attached hydrogens (tertiary/aromatic N) is 2. The first kappa shape index (κ1) is 20.3. The predicted molar refractivity (Wildman–Crippen MR) is 111 cm³/mol. The van der Waals surface area contributed by atoms with Crippen molar-refractivity contribution < 1.29 is 14.3 Å². The van der Waals surface area contributed by atoms with Gasteiger partial charge in [-0.1, -0.05) is 25.1 Å². The van der Waals surface area contributed by atoms with E-state index in [4.69, 9.17) is 9.47 Å². The van der Waals surface area contributed by atoms with Gasteiger partial charge < -0.3 is 14.8 Å². The monoisotopic (exact) mass is 383 g/mol. The standard InChI is InChI=1S/C22H29N3O3/c1-2-14-28-22-19(17-18-6-3-4-7-20(18)24-22)8-9-21(26)23-10-5-11-25-12-15-27-16-13-25/h3-4,6-9,17H,2,5,10-16H2,1H3,(H,23,26)/b9-8+. The van der Waals surface area contributed by atoms with E-state index in [0.29, 0.717) is 19.0 Å². The van der Waals surface area contributed by atoms with Crippen LogP contribution in [0.15, 0.2) is 36.4 Å². The van der Waals surface area contributed by atoms with Gasteiger partial charge in [0.05, 0.1) is 25.3 Å². The summed E-state index contributed by atoms with van der Waals surface area (Å²) < 4.78 is 11.1. The maximum atomic E-state index is 12.2. The fourth-order valence-electron chi connectivity index (χ4n) is 3.11. The van der Waals surface area contributed by atoms with Crippen molar-refractivity contribution in [3.63, 3.8) is 0 Å². The lowest BCUT2D eigenvalue weighted by atomic mass is 10.1. The maximum absolute atomic E-state index is 12.2. The number of rotatable bonds is 9. The lowest BCUT2D eigenvalue weighted by Crippen LogP contribution is -2.38. The molecule has 150 valence electrons. The Morgan fingerprint density at radius 2 is 2.14 bits per heavy atom. The molecular formula is C22H29N3O3. The molecule has 28 heavy (non-hydrogen) atoms. The maximum Gasteiger partial charge on any atom is 0.244 e. The van der Waals surface area contributed by atoms with Crippen LogP contribution in [0.3, 0.4) is 0 Å². The number of morpholine rings is 1. The summed E-state index contributed by atoms with van der Waals surface area (Å²) in [4.78, 5) is 19.1. The van der Waals surface area contributed by atoms with Gasteiger partial charge in [-0.2, -0.15) is 0 Å². The number of ether oxygens (including phenoxy) is 2. The molecule has 0 atom stereocenters. The number of nitrogens with one attached hydrogen (secondary N) is 1. The molecule has 1 aromatic carbocycles. The van der Waals surface area contributed by atoms with Crippen molar-refractivity contribution in [2.45, 2.75) is 19.8 Å². The van der Waals surface area contributed by atoms with E-state index in [1.54, 1.807) is 12.2 Å². The highest BCUT2D eigenvalue weighted by atomic mass is 16.5. The van der Waals surface area contributed by atoms with Crippen molar-refractivity contribution in [2.24, 2.45) is 0 Å². The highest BCUT2D eigenvalue weighted by Crippen LogP contribution is 2.23. The van der Waals surface area contributed by atoms with Crippen molar-refractivity contribution in [2.75, 3.05) is 46.0 Å². The molecule has 1 N–H and O–H groups in total. The molecule has 3 rings (SSSR count). The van der Waals surface area contributed by atoms with Gasteiger partial charge in [-0.15, -0.1) is 0 Å². The second kappa shape index (κ2) is 10.8. The molecule has 0 saturated carbocycles. The molecule has 2 aromatic rings. The van der Waals surface area contributed by atoms with Gasteiger partial charge in [-0.25, -0.2) is 4.98 Å². The van der Waals surface area contributed by atoms with Gasteiger partial charge >= 0.3 is 0 Å². The number of fused-ring (bicyclic) bond motifs is 1. The Balaban J connectivity index is 1.55. The number of aromatic nitrogens is 1. The zero-order valence-electron chi connectivity index (χ0n) is 16.5. The molecule has 0 unspecified atom stereocenters. The summed E-state index contributed by atoms with van der Waals surface area (Å²) in [6, 6.07) is 9.91. The first-order valence-corrected chi connectivity index (χ1v) is 10.0. The Labute approximate surface area is 166 Å². The molecule has 0 aliphatic carbocycles. The molecule has 6 nitrogen and oxygen atoms in total. The van der Waals surface area contributed by atoms with Crippen LogP contribution in [0, 0.1) is 0 Å². The predicted octanol–water partition coefficient (Wildman–Crippen LogP) is 2.88. The van der Waals surface area contributed by atoms with Gasteiger partial charge in [0.25, 0.3) is 0 Å². The number of pyridine rings is 1. The third-order valence-electron chi connectivity index (χ3n) is 4.63. The van der Waals surface area contributed by atoms with Gasteiger partial charge in [-0.3, -0.25) is 9.69 Å². The van der Waals surface area contributed by atoms with E-state index in [0.717, 1.165) is 62.2 Å². The largest absolute Gasteiger partial charge is 0.477 e. The van der Waals surface area contributed by atoms with Crippen LogP contribution in [0.5, 0.6) is 5.88 Å². The molecule has 1 aliphatic heterocycles. The molecule has 0 radical (unpaired) electrons. The SMILES string of the molecule is CCCOc1nc2ccccc2cc1/C=C/C(=O)NCCCN1CCOCC1. The Morgan fingerprint density at radius 3 is 2.96 bits per heavy atom. The van der Waals surface area contributed by atoms with Crippen molar-refractivity contribution >= 4 is 22.9 Å². The van der Waals surface area contributed by atoms with Crippen LogP contribution in [-0.4, -0.2) is 61.8 Å². The fraction of sp³-hybridized carbons (Fsp3) is 0.455. The molecule has 1 amide bonds. The quantitative estimate of drug-likeness (QED) is 0.533. The minimum atomic E-state index is -0.100. The molecule has 0 spiro atoms.